The summed E-state index contributed by atoms with van der Waals surface area (Å²) in [7, 11) is 0. The summed E-state index contributed by atoms with van der Waals surface area (Å²) in [6.07, 6.45) is 9.89. The first-order chi connectivity index (χ1) is 12.1. The van der Waals surface area contributed by atoms with Crippen molar-refractivity contribution in [3.63, 3.8) is 0 Å². The van der Waals surface area contributed by atoms with Crippen LogP contribution in [0.5, 0.6) is 0 Å². The number of likely N-dealkylation sites (tertiary alicyclic amines) is 2. The lowest BCUT2D eigenvalue weighted by Crippen LogP contribution is -2.47. The Morgan fingerprint density at radius 1 is 1.07 bits per heavy atom. The standard InChI is InChI=1S/C21H39N3O.2ClH/c1-17(20-9-5-10-22-14-20)13-21(25)24-12-6-8-19(16-24)15-23-11-4-3-7-18(23)2;;/h17-20,22H,3-16H2,1-2H3;2*1H. The van der Waals surface area contributed by atoms with E-state index in [1.54, 1.807) is 0 Å². The van der Waals surface area contributed by atoms with Crippen LogP contribution in [0.4, 0.5) is 0 Å². The third kappa shape index (κ3) is 7.38. The van der Waals surface area contributed by atoms with Crippen LogP contribution in [-0.2, 0) is 4.79 Å². The highest BCUT2D eigenvalue weighted by atomic mass is 35.5. The second-order valence-electron chi connectivity index (χ2n) is 8.98. The van der Waals surface area contributed by atoms with Crippen molar-refractivity contribution in [3.05, 3.63) is 0 Å². The molecular formula is C21H41Cl2N3O. The molecule has 3 rings (SSSR count). The second kappa shape index (κ2) is 12.5. The largest absolute Gasteiger partial charge is 0.342 e. The molecule has 0 aromatic rings. The maximum atomic E-state index is 12.8. The van der Waals surface area contributed by atoms with Crippen molar-refractivity contribution < 1.29 is 4.79 Å². The summed E-state index contributed by atoms with van der Waals surface area (Å²) >= 11 is 0. The number of halogens is 2. The first-order valence-corrected chi connectivity index (χ1v) is 10.9. The van der Waals surface area contributed by atoms with Gasteiger partial charge < -0.3 is 15.1 Å². The van der Waals surface area contributed by atoms with E-state index < -0.39 is 0 Å². The fraction of sp³-hybridized carbons (Fsp3) is 0.952. The number of hydrogen-bond donors (Lipinski definition) is 1. The van der Waals surface area contributed by atoms with E-state index in [9.17, 15) is 4.79 Å². The molecule has 4 nitrogen and oxygen atoms in total. The highest BCUT2D eigenvalue weighted by Gasteiger charge is 2.29. The van der Waals surface area contributed by atoms with Crippen molar-refractivity contribution in [2.45, 2.75) is 71.3 Å². The van der Waals surface area contributed by atoms with Gasteiger partial charge in [0.15, 0.2) is 0 Å². The van der Waals surface area contributed by atoms with Gasteiger partial charge in [0.1, 0.15) is 0 Å². The van der Waals surface area contributed by atoms with E-state index in [-0.39, 0.29) is 24.8 Å². The summed E-state index contributed by atoms with van der Waals surface area (Å²) in [5.74, 6) is 2.30. The smallest absolute Gasteiger partial charge is 0.222 e. The Morgan fingerprint density at radius 2 is 1.89 bits per heavy atom. The van der Waals surface area contributed by atoms with E-state index in [2.05, 4.69) is 29.0 Å². The molecule has 1 amide bonds. The zero-order valence-corrected chi connectivity index (χ0v) is 19.0. The number of rotatable bonds is 5. The number of nitrogens with one attached hydrogen (secondary N) is 1. The van der Waals surface area contributed by atoms with Crippen molar-refractivity contribution in [2.75, 3.05) is 39.3 Å². The number of hydrogen-bond acceptors (Lipinski definition) is 3. The van der Waals surface area contributed by atoms with Crippen LogP contribution in [0.3, 0.4) is 0 Å². The summed E-state index contributed by atoms with van der Waals surface area (Å²) in [6.45, 7) is 11.4. The number of piperidine rings is 3. The molecule has 0 spiro atoms. The number of carbonyl (C=O) groups excluding carboxylic acids is 1. The van der Waals surface area contributed by atoms with Gasteiger partial charge in [0.2, 0.25) is 5.91 Å². The van der Waals surface area contributed by atoms with Crippen LogP contribution in [0.2, 0.25) is 0 Å². The van der Waals surface area contributed by atoms with Crippen molar-refractivity contribution in [3.8, 4) is 0 Å². The van der Waals surface area contributed by atoms with E-state index in [1.165, 1.54) is 58.0 Å². The predicted octanol–water partition coefficient (Wildman–Crippen LogP) is 3.97. The Balaban J connectivity index is 0.00000182. The number of amides is 1. The maximum absolute atomic E-state index is 12.8. The molecule has 4 unspecified atom stereocenters. The lowest BCUT2D eigenvalue weighted by molar-refractivity contribution is -0.134. The molecule has 27 heavy (non-hydrogen) atoms. The Labute approximate surface area is 179 Å². The molecule has 0 aliphatic carbocycles. The molecule has 0 aromatic carbocycles. The van der Waals surface area contributed by atoms with Gasteiger partial charge in [-0.15, -0.1) is 24.8 Å². The van der Waals surface area contributed by atoms with E-state index in [0.717, 1.165) is 38.6 Å². The monoisotopic (exact) mass is 421 g/mol. The lowest BCUT2D eigenvalue weighted by atomic mass is 9.85. The second-order valence-corrected chi connectivity index (χ2v) is 8.98. The summed E-state index contributed by atoms with van der Waals surface area (Å²) in [4.78, 5) is 17.7. The molecule has 3 aliphatic rings. The highest BCUT2D eigenvalue weighted by molar-refractivity contribution is 5.85. The number of carbonyl (C=O) groups is 1. The van der Waals surface area contributed by atoms with Gasteiger partial charge in [-0.3, -0.25) is 4.79 Å². The van der Waals surface area contributed by atoms with Crippen LogP contribution < -0.4 is 5.32 Å². The summed E-state index contributed by atoms with van der Waals surface area (Å²) in [6, 6.07) is 0.735. The zero-order valence-electron chi connectivity index (χ0n) is 17.3. The minimum atomic E-state index is 0. The Morgan fingerprint density at radius 3 is 2.59 bits per heavy atom. The van der Waals surface area contributed by atoms with E-state index >= 15 is 0 Å². The third-order valence-electron chi connectivity index (χ3n) is 6.94. The first-order valence-electron chi connectivity index (χ1n) is 10.9. The molecule has 160 valence electrons. The van der Waals surface area contributed by atoms with E-state index in [0.29, 0.717) is 23.7 Å². The molecule has 0 aromatic heterocycles. The molecule has 3 heterocycles. The normalized spacial score (nSPS) is 30.7. The zero-order chi connectivity index (χ0) is 17.6. The quantitative estimate of drug-likeness (QED) is 0.728. The molecule has 3 fully saturated rings. The van der Waals surface area contributed by atoms with Gasteiger partial charge in [0, 0.05) is 32.1 Å². The van der Waals surface area contributed by atoms with Crippen LogP contribution >= 0.6 is 24.8 Å². The summed E-state index contributed by atoms with van der Waals surface area (Å²) in [5, 5.41) is 3.49. The lowest BCUT2D eigenvalue weighted by Gasteiger charge is -2.40. The Hall–Kier alpha value is -0.0300. The van der Waals surface area contributed by atoms with Gasteiger partial charge in [-0.2, -0.15) is 0 Å². The first kappa shape index (κ1) is 25.0. The van der Waals surface area contributed by atoms with Crippen molar-refractivity contribution in [2.24, 2.45) is 17.8 Å². The molecule has 3 aliphatic heterocycles. The Kier molecular flexibility index (Phi) is 11.6. The molecule has 0 saturated carbocycles. The molecule has 0 bridgehead atoms. The SMILES string of the molecule is CC(CC(=O)N1CCCC(CN2CCCCC2C)C1)C1CCCNC1.Cl.Cl. The minimum Gasteiger partial charge on any atom is -0.342 e. The van der Waals surface area contributed by atoms with Crippen LogP contribution in [0.1, 0.15) is 65.2 Å². The van der Waals surface area contributed by atoms with Crippen LogP contribution in [-0.4, -0.2) is 61.0 Å². The fourth-order valence-electron chi connectivity index (χ4n) is 5.14. The van der Waals surface area contributed by atoms with Crippen molar-refractivity contribution in [1.82, 2.24) is 15.1 Å². The molecule has 4 atom stereocenters. The van der Waals surface area contributed by atoms with Crippen molar-refractivity contribution in [1.29, 1.82) is 0 Å². The highest BCUT2D eigenvalue weighted by Crippen LogP contribution is 2.26. The van der Waals surface area contributed by atoms with Crippen LogP contribution in [0.25, 0.3) is 0 Å². The average Bonchev–Trinajstić information content (AvgIpc) is 2.64. The van der Waals surface area contributed by atoms with Gasteiger partial charge in [-0.25, -0.2) is 0 Å². The van der Waals surface area contributed by atoms with E-state index in [1.807, 2.05) is 0 Å². The van der Waals surface area contributed by atoms with Gasteiger partial charge in [-0.1, -0.05) is 13.3 Å². The predicted molar refractivity (Wildman–Crippen MR) is 118 cm³/mol. The van der Waals surface area contributed by atoms with Gasteiger partial charge >= 0.3 is 0 Å². The fourth-order valence-corrected chi connectivity index (χ4v) is 5.14. The maximum Gasteiger partial charge on any atom is 0.222 e. The summed E-state index contributed by atoms with van der Waals surface area (Å²) < 4.78 is 0. The summed E-state index contributed by atoms with van der Waals surface area (Å²) in [5.41, 5.74) is 0. The van der Waals surface area contributed by atoms with Crippen molar-refractivity contribution >= 4 is 30.7 Å². The molecule has 3 saturated heterocycles. The average molecular weight is 422 g/mol. The van der Waals surface area contributed by atoms with Gasteiger partial charge in [-0.05, 0) is 82.8 Å². The number of nitrogens with zero attached hydrogens (tertiary/aromatic N) is 2. The molecule has 0 radical (unpaired) electrons. The van der Waals surface area contributed by atoms with Gasteiger partial charge in [0.25, 0.3) is 0 Å². The third-order valence-corrected chi connectivity index (χ3v) is 6.94. The van der Waals surface area contributed by atoms with Crippen LogP contribution in [0.15, 0.2) is 0 Å². The van der Waals surface area contributed by atoms with Gasteiger partial charge in [0.05, 0.1) is 0 Å². The topological polar surface area (TPSA) is 35.6 Å². The minimum absolute atomic E-state index is 0. The molecule has 6 heteroatoms. The molecular weight excluding hydrogens is 381 g/mol. The van der Waals surface area contributed by atoms with Crippen LogP contribution in [0, 0.1) is 17.8 Å². The van der Waals surface area contributed by atoms with E-state index in [4.69, 9.17) is 0 Å². The molecule has 1 N–H and O–H groups in total. The Bertz CT molecular complexity index is 432.